The Labute approximate surface area is 264 Å². The van der Waals surface area contributed by atoms with Crippen LogP contribution >= 0.6 is 10.6 Å². The number of likely N-dealkylation sites (N-methyl/N-ethyl adjacent to an activating group) is 1. The highest BCUT2D eigenvalue weighted by Crippen LogP contribution is 2.44. The van der Waals surface area contributed by atoms with Gasteiger partial charge in [-0.2, -0.15) is 23.8 Å². The molecule has 1 saturated heterocycles. The summed E-state index contributed by atoms with van der Waals surface area (Å²) in [6.45, 7) is 3.86. The average molecular weight is 652 g/mol. The summed E-state index contributed by atoms with van der Waals surface area (Å²) in [5.41, 5.74) is 2.21. The molecule has 1 aliphatic rings. The van der Waals surface area contributed by atoms with E-state index >= 15 is 0 Å². The van der Waals surface area contributed by atoms with Gasteiger partial charge in [-0.15, -0.1) is 0 Å². The van der Waals surface area contributed by atoms with Crippen LogP contribution in [0.2, 0.25) is 0 Å². The highest BCUT2D eigenvalue weighted by Gasteiger charge is 2.30. The van der Waals surface area contributed by atoms with E-state index < -0.39 is 29.4 Å². The number of piperidine rings is 1. The number of likely N-dealkylation sites (tertiary alicyclic amines) is 1. The predicted molar refractivity (Wildman–Crippen MR) is 175 cm³/mol. The van der Waals surface area contributed by atoms with E-state index in [0.29, 0.717) is 28.0 Å². The lowest BCUT2D eigenvalue weighted by atomic mass is 10.0. The van der Waals surface area contributed by atoms with Crippen molar-refractivity contribution in [1.82, 2.24) is 14.4 Å². The summed E-state index contributed by atoms with van der Waals surface area (Å²) in [6, 6.07) is 14.0. The molecule has 2 heterocycles. The summed E-state index contributed by atoms with van der Waals surface area (Å²) < 4.78 is 61.6. The van der Waals surface area contributed by atoms with Crippen molar-refractivity contribution in [3.8, 4) is 11.8 Å². The Morgan fingerprint density at radius 1 is 1.11 bits per heavy atom. The Bertz CT molecular complexity index is 1460. The Hall–Kier alpha value is -2.96. The van der Waals surface area contributed by atoms with Gasteiger partial charge in [-0.05, 0) is 75.2 Å². The van der Waals surface area contributed by atoms with Crippen LogP contribution in [-0.2, 0) is 6.54 Å². The molecular weight excluding hydrogens is 607 g/mol. The molecule has 0 aliphatic carbocycles. The lowest BCUT2D eigenvalue weighted by Crippen LogP contribution is -2.47. The third-order valence-electron chi connectivity index (χ3n) is 8.11. The third-order valence-corrected chi connectivity index (χ3v) is 9.28. The molecule has 0 bridgehead atoms. The maximum atomic E-state index is 13.6. The fraction of sp³-hybridized carbons (Fsp3) is 0.500. The van der Waals surface area contributed by atoms with E-state index in [1.54, 1.807) is 42.5 Å². The van der Waals surface area contributed by atoms with Crippen LogP contribution in [0, 0.1) is 11.8 Å². The van der Waals surface area contributed by atoms with Crippen molar-refractivity contribution in [3.05, 3.63) is 54.2 Å². The second-order valence-corrected chi connectivity index (χ2v) is 14.0. The van der Waals surface area contributed by atoms with E-state index in [1.165, 1.54) is 10.8 Å². The van der Waals surface area contributed by atoms with Gasteiger partial charge < -0.3 is 30.3 Å². The van der Waals surface area contributed by atoms with Crippen molar-refractivity contribution in [3.63, 3.8) is 0 Å². The Kier molecular flexibility index (Phi) is 11.7. The Balaban J connectivity index is 1.43. The fourth-order valence-electron chi connectivity index (χ4n) is 5.54. The molecule has 0 radical (unpaired) electrons. The largest absolute Gasteiger partial charge is 0.406 e. The summed E-state index contributed by atoms with van der Waals surface area (Å²) in [6.07, 6.45) is -2.07. The number of halogens is 3. The molecule has 3 aromatic rings. The van der Waals surface area contributed by atoms with Gasteiger partial charge in [-0.25, -0.2) is 0 Å². The molecule has 0 amide bonds. The van der Waals surface area contributed by atoms with Crippen LogP contribution in [0.15, 0.2) is 53.4 Å². The number of aliphatic hydroxyl groups excluding tert-OH is 2. The fourth-order valence-corrected chi connectivity index (χ4v) is 6.19. The van der Waals surface area contributed by atoms with Crippen LogP contribution < -0.4 is 10.6 Å². The van der Waals surface area contributed by atoms with Crippen LogP contribution in [0.25, 0.3) is 10.9 Å². The van der Waals surface area contributed by atoms with E-state index in [2.05, 4.69) is 34.3 Å². The number of alkyl halides is 3. The molecule has 45 heavy (non-hydrogen) atoms. The molecule has 1 aliphatic heterocycles. The van der Waals surface area contributed by atoms with E-state index in [0.717, 1.165) is 38.2 Å². The van der Waals surface area contributed by atoms with Crippen LogP contribution in [0.4, 0.5) is 24.5 Å². The van der Waals surface area contributed by atoms with Crippen molar-refractivity contribution >= 4 is 32.9 Å². The number of benzene rings is 2. The number of nitrogens with zero attached hydrogens (tertiary/aromatic N) is 3. The lowest BCUT2D eigenvalue weighted by molar-refractivity contribution is -0.140. The zero-order valence-electron chi connectivity index (χ0n) is 25.9. The van der Waals surface area contributed by atoms with E-state index in [4.69, 9.17) is 5.11 Å². The molecule has 1 fully saturated rings. The SMILES string of the molecule is CC(CN1CCC(Nc2cccc3c2cc(C#CCNc2ccc(S(C)(O)O)cc2)n3CC(F)(F)F)CC1)N(C)CC(O)CO. The van der Waals surface area contributed by atoms with Gasteiger partial charge in [0, 0.05) is 61.3 Å². The molecule has 6 N–H and O–H groups in total. The van der Waals surface area contributed by atoms with Crippen LogP contribution in [0.5, 0.6) is 0 Å². The van der Waals surface area contributed by atoms with Crippen LogP contribution in [-0.4, -0.2) is 111 Å². The van der Waals surface area contributed by atoms with E-state index in [9.17, 15) is 27.4 Å². The monoisotopic (exact) mass is 651 g/mol. The normalized spacial score (nSPS) is 16.8. The molecule has 1 aromatic heterocycles. The van der Waals surface area contributed by atoms with E-state index in [1.807, 2.05) is 18.0 Å². The van der Waals surface area contributed by atoms with Gasteiger partial charge in [0.15, 0.2) is 0 Å². The van der Waals surface area contributed by atoms with Crippen molar-refractivity contribution < 1.29 is 32.5 Å². The van der Waals surface area contributed by atoms with Gasteiger partial charge >= 0.3 is 6.18 Å². The zero-order chi connectivity index (χ0) is 32.8. The average Bonchev–Trinajstić information content (AvgIpc) is 3.32. The zero-order valence-corrected chi connectivity index (χ0v) is 26.7. The van der Waals surface area contributed by atoms with Gasteiger partial charge in [-0.3, -0.25) is 14.0 Å². The molecule has 2 aromatic carbocycles. The topological polar surface area (TPSA) is 116 Å². The molecule has 0 saturated carbocycles. The smallest absolute Gasteiger partial charge is 0.394 e. The quantitative estimate of drug-likeness (QED) is 0.153. The minimum Gasteiger partial charge on any atom is -0.394 e. The van der Waals surface area contributed by atoms with Gasteiger partial charge in [0.2, 0.25) is 0 Å². The number of rotatable bonds is 12. The second kappa shape index (κ2) is 15.1. The highest BCUT2D eigenvalue weighted by molar-refractivity contribution is 8.23. The molecule has 248 valence electrons. The van der Waals surface area contributed by atoms with Crippen molar-refractivity contribution in [2.75, 3.05) is 63.3 Å². The standard InChI is InChI=1S/C32H44F3N5O4S/c1-23(38(2)20-27(42)21-41)19-39-16-13-25(14-17-39)37-30-7-4-8-31-29(30)18-26(40(31)22-32(33,34)35)6-5-15-36-24-9-11-28(12-10-24)45(3,43)44/h4,7-12,18,23,25,27,36-37,41-44H,13-17,19-22H2,1-3H3. The summed E-state index contributed by atoms with van der Waals surface area (Å²) in [7, 11) is -0.879. The molecule has 13 heteroatoms. The van der Waals surface area contributed by atoms with Gasteiger partial charge in [-0.1, -0.05) is 12.0 Å². The van der Waals surface area contributed by atoms with Crippen LogP contribution in [0.1, 0.15) is 25.5 Å². The predicted octanol–water partition coefficient (Wildman–Crippen LogP) is 4.96. The number of anilines is 2. The first-order valence-electron chi connectivity index (χ1n) is 15.0. The summed E-state index contributed by atoms with van der Waals surface area (Å²) >= 11 is 0. The molecule has 4 rings (SSSR count). The summed E-state index contributed by atoms with van der Waals surface area (Å²) in [4.78, 5) is 4.83. The maximum absolute atomic E-state index is 13.6. The molecule has 9 nitrogen and oxygen atoms in total. The number of hydrogen-bond donors (Lipinski definition) is 6. The first-order valence-corrected chi connectivity index (χ1v) is 16.9. The minimum absolute atomic E-state index is 0.170. The number of hydrogen-bond acceptors (Lipinski definition) is 8. The van der Waals surface area contributed by atoms with Gasteiger partial charge in [0.1, 0.15) is 6.54 Å². The minimum atomic E-state index is -4.42. The molecular formula is C32H44F3N5O4S. The Morgan fingerprint density at radius 2 is 1.80 bits per heavy atom. The van der Waals surface area contributed by atoms with Crippen LogP contribution in [0.3, 0.4) is 0 Å². The molecule has 2 unspecified atom stereocenters. The van der Waals surface area contributed by atoms with Gasteiger partial charge in [0.05, 0.1) is 35.4 Å². The first kappa shape index (κ1) is 34.9. The number of aromatic nitrogens is 1. The highest BCUT2D eigenvalue weighted by atomic mass is 32.3. The Morgan fingerprint density at radius 3 is 2.42 bits per heavy atom. The number of fused-ring (bicyclic) bond motifs is 1. The first-order chi connectivity index (χ1) is 21.2. The summed E-state index contributed by atoms with van der Waals surface area (Å²) in [5, 5.41) is 26.2. The van der Waals surface area contributed by atoms with Crippen molar-refractivity contribution in [2.45, 2.75) is 55.6 Å². The second-order valence-electron chi connectivity index (χ2n) is 11.8. The molecule has 2 atom stereocenters. The van der Waals surface area contributed by atoms with Gasteiger partial charge in [0.25, 0.3) is 0 Å². The molecule has 0 spiro atoms. The lowest BCUT2D eigenvalue weighted by Gasteiger charge is -2.36. The number of aliphatic hydroxyl groups is 2. The third kappa shape index (κ3) is 10.0. The maximum Gasteiger partial charge on any atom is 0.406 e. The number of nitrogens with one attached hydrogen (secondary N) is 2. The summed E-state index contributed by atoms with van der Waals surface area (Å²) in [5.74, 6) is 5.84. The van der Waals surface area contributed by atoms with Crippen molar-refractivity contribution in [2.24, 2.45) is 0 Å². The van der Waals surface area contributed by atoms with Crippen molar-refractivity contribution in [1.29, 1.82) is 0 Å². The van der Waals surface area contributed by atoms with E-state index in [-0.39, 0.29) is 30.9 Å².